The molecule has 0 bridgehead atoms. The zero-order valence-corrected chi connectivity index (χ0v) is 18.3. The number of rotatable bonds is 7. The van der Waals surface area contributed by atoms with Crippen LogP contribution in [-0.4, -0.2) is 59.8 Å². The molecule has 0 spiro atoms. The Morgan fingerprint density at radius 1 is 1.45 bits per heavy atom. The second kappa shape index (κ2) is 9.42. The first-order chi connectivity index (χ1) is 14.6. The second-order valence-electron chi connectivity index (χ2n) is 9.00. The van der Waals surface area contributed by atoms with Crippen molar-refractivity contribution in [3.63, 3.8) is 0 Å². The van der Waals surface area contributed by atoms with Crippen LogP contribution in [0.1, 0.15) is 49.9 Å². The molecule has 9 heteroatoms. The van der Waals surface area contributed by atoms with E-state index in [0.717, 1.165) is 25.1 Å². The molecule has 2 heterocycles. The SMILES string of the molecule is CO[C@H](CO)CN[C@@H]1CC[C@@](C(=O)N2CCc3ncc(C(F)(F)F)cc3C2)(C(C)C)C1. The number of aromatic nitrogens is 1. The van der Waals surface area contributed by atoms with Crippen LogP contribution < -0.4 is 5.32 Å². The molecule has 2 aliphatic rings. The molecule has 1 fully saturated rings. The first-order valence-electron chi connectivity index (χ1n) is 10.8. The van der Waals surface area contributed by atoms with Gasteiger partial charge in [0.2, 0.25) is 5.91 Å². The zero-order chi connectivity index (χ0) is 22.8. The van der Waals surface area contributed by atoms with Gasteiger partial charge in [-0.05, 0) is 36.8 Å². The second-order valence-corrected chi connectivity index (χ2v) is 9.00. The van der Waals surface area contributed by atoms with E-state index in [-0.39, 0.29) is 37.1 Å². The predicted molar refractivity (Wildman–Crippen MR) is 109 cm³/mol. The Morgan fingerprint density at radius 3 is 2.81 bits per heavy atom. The van der Waals surface area contributed by atoms with E-state index in [1.165, 1.54) is 0 Å². The van der Waals surface area contributed by atoms with Crippen molar-refractivity contribution in [3.8, 4) is 0 Å². The fraction of sp³-hybridized carbons (Fsp3) is 0.727. The van der Waals surface area contributed by atoms with Gasteiger partial charge in [-0.15, -0.1) is 0 Å². The average Bonchev–Trinajstić information content (AvgIpc) is 3.18. The number of halogens is 3. The maximum absolute atomic E-state index is 13.6. The summed E-state index contributed by atoms with van der Waals surface area (Å²) in [5.74, 6) is 0.115. The molecule has 6 nitrogen and oxygen atoms in total. The number of ether oxygens (including phenoxy) is 1. The number of amides is 1. The maximum atomic E-state index is 13.6. The number of aliphatic hydroxyl groups is 1. The largest absolute Gasteiger partial charge is 0.417 e. The third-order valence-electron chi connectivity index (χ3n) is 6.91. The summed E-state index contributed by atoms with van der Waals surface area (Å²) in [5.41, 5.74) is -0.213. The Hall–Kier alpha value is -1.71. The van der Waals surface area contributed by atoms with Crippen molar-refractivity contribution in [2.45, 2.75) is 64.4 Å². The minimum atomic E-state index is -4.45. The molecule has 31 heavy (non-hydrogen) atoms. The first kappa shape index (κ1) is 23.9. The molecule has 3 rings (SSSR count). The molecule has 1 amide bonds. The predicted octanol–water partition coefficient (Wildman–Crippen LogP) is 2.78. The number of hydrogen-bond acceptors (Lipinski definition) is 5. The third-order valence-corrected chi connectivity index (χ3v) is 6.91. The van der Waals surface area contributed by atoms with Crippen molar-refractivity contribution in [1.82, 2.24) is 15.2 Å². The Balaban J connectivity index is 1.73. The van der Waals surface area contributed by atoms with Crippen molar-refractivity contribution in [2.75, 3.05) is 26.8 Å². The minimum absolute atomic E-state index is 0.0142. The first-order valence-corrected chi connectivity index (χ1v) is 10.8. The Labute approximate surface area is 181 Å². The van der Waals surface area contributed by atoms with Gasteiger partial charge in [0.15, 0.2) is 0 Å². The monoisotopic (exact) mass is 443 g/mol. The summed E-state index contributed by atoms with van der Waals surface area (Å²) in [4.78, 5) is 19.3. The lowest BCUT2D eigenvalue weighted by Gasteiger charge is -2.39. The van der Waals surface area contributed by atoms with Crippen molar-refractivity contribution >= 4 is 5.91 Å². The number of carbonyl (C=O) groups excluding carboxylic acids is 1. The standard InChI is InChI=1S/C22H32F3N3O3/c1-14(2)21(6-4-17(9-21)26-11-18(13-29)31-3)20(30)28-7-5-19-15(12-28)8-16(10-27-19)22(23,24)25/h8,10,14,17-18,26,29H,4-7,9,11-13H2,1-3H3/t17-,18+,21+/m1/s1. The van der Waals surface area contributed by atoms with E-state index in [1.807, 2.05) is 13.8 Å². The molecule has 174 valence electrons. The Morgan fingerprint density at radius 2 is 2.19 bits per heavy atom. The molecule has 1 aromatic rings. The quantitative estimate of drug-likeness (QED) is 0.678. The van der Waals surface area contributed by atoms with Gasteiger partial charge < -0.3 is 20.1 Å². The van der Waals surface area contributed by atoms with Gasteiger partial charge >= 0.3 is 6.18 Å². The molecule has 3 atom stereocenters. The molecule has 0 radical (unpaired) electrons. The van der Waals surface area contributed by atoms with Crippen molar-refractivity contribution in [2.24, 2.45) is 11.3 Å². The van der Waals surface area contributed by atoms with E-state index in [9.17, 15) is 23.1 Å². The van der Waals surface area contributed by atoms with E-state index in [1.54, 1.807) is 12.0 Å². The normalized spacial score (nSPS) is 25.0. The van der Waals surface area contributed by atoms with Crippen LogP contribution in [0.2, 0.25) is 0 Å². The highest BCUT2D eigenvalue weighted by molar-refractivity contribution is 5.83. The van der Waals surface area contributed by atoms with E-state index in [4.69, 9.17) is 4.74 Å². The number of pyridine rings is 1. The Bertz CT molecular complexity index is 783. The molecule has 0 unspecified atom stereocenters. The number of hydrogen-bond donors (Lipinski definition) is 2. The lowest BCUT2D eigenvalue weighted by Crippen LogP contribution is -2.48. The molecule has 0 aromatic carbocycles. The summed E-state index contributed by atoms with van der Waals surface area (Å²) < 4.78 is 44.5. The lowest BCUT2D eigenvalue weighted by molar-refractivity contribution is -0.145. The number of carbonyl (C=O) groups is 1. The van der Waals surface area contributed by atoms with Gasteiger partial charge in [0.1, 0.15) is 0 Å². The third kappa shape index (κ3) is 5.04. The van der Waals surface area contributed by atoms with E-state index in [0.29, 0.717) is 37.2 Å². The number of aliphatic hydroxyl groups excluding tert-OH is 1. The highest BCUT2D eigenvalue weighted by atomic mass is 19.4. The lowest BCUT2D eigenvalue weighted by atomic mass is 9.74. The highest BCUT2D eigenvalue weighted by Crippen LogP contribution is 2.46. The summed E-state index contributed by atoms with van der Waals surface area (Å²) in [6.45, 7) is 5.12. The maximum Gasteiger partial charge on any atom is 0.417 e. The van der Waals surface area contributed by atoms with Crippen molar-refractivity contribution in [1.29, 1.82) is 0 Å². The molecule has 1 aliphatic carbocycles. The number of alkyl halides is 3. The summed E-state index contributed by atoms with van der Waals surface area (Å²) >= 11 is 0. The number of nitrogens with zero attached hydrogens (tertiary/aromatic N) is 2. The van der Waals surface area contributed by atoms with Crippen LogP contribution in [0, 0.1) is 11.3 Å². The summed E-state index contributed by atoms with van der Waals surface area (Å²) in [6, 6.07) is 1.26. The summed E-state index contributed by atoms with van der Waals surface area (Å²) in [6.07, 6.45) is -1.20. The fourth-order valence-corrected chi connectivity index (χ4v) is 4.81. The van der Waals surface area contributed by atoms with Crippen LogP contribution >= 0.6 is 0 Å². The summed E-state index contributed by atoms with van der Waals surface area (Å²) in [7, 11) is 1.55. The van der Waals surface area contributed by atoms with E-state index in [2.05, 4.69) is 10.3 Å². The number of methoxy groups -OCH3 is 1. The van der Waals surface area contributed by atoms with Gasteiger partial charge in [-0.2, -0.15) is 13.2 Å². The topological polar surface area (TPSA) is 74.7 Å². The Kier molecular flexibility index (Phi) is 7.28. The summed E-state index contributed by atoms with van der Waals surface area (Å²) in [5, 5.41) is 12.7. The number of nitrogens with one attached hydrogen (secondary N) is 1. The van der Waals surface area contributed by atoms with Gasteiger partial charge in [0, 0.05) is 51.1 Å². The van der Waals surface area contributed by atoms with Gasteiger partial charge in [-0.3, -0.25) is 9.78 Å². The van der Waals surface area contributed by atoms with Gasteiger partial charge in [0.25, 0.3) is 0 Å². The molecule has 1 aromatic heterocycles. The molecular formula is C22H32F3N3O3. The average molecular weight is 444 g/mol. The zero-order valence-electron chi connectivity index (χ0n) is 18.3. The smallest absolute Gasteiger partial charge is 0.394 e. The van der Waals surface area contributed by atoms with Crippen molar-refractivity contribution < 1.29 is 27.8 Å². The number of fused-ring (bicyclic) bond motifs is 1. The van der Waals surface area contributed by atoms with E-state index >= 15 is 0 Å². The van der Waals surface area contributed by atoms with Crippen LogP contribution in [0.5, 0.6) is 0 Å². The van der Waals surface area contributed by atoms with Gasteiger partial charge in [-0.1, -0.05) is 13.8 Å². The van der Waals surface area contributed by atoms with Gasteiger partial charge in [-0.25, -0.2) is 0 Å². The fourth-order valence-electron chi connectivity index (χ4n) is 4.81. The van der Waals surface area contributed by atoms with Crippen LogP contribution in [0.25, 0.3) is 0 Å². The van der Waals surface area contributed by atoms with Crippen LogP contribution in [0.3, 0.4) is 0 Å². The molecule has 0 saturated heterocycles. The van der Waals surface area contributed by atoms with Crippen LogP contribution in [-0.2, 0) is 28.7 Å². The van der Waals surface area contributed by atoms with Crippen LogP contribution in [0.4, 0.5) is 13.2 Å². The van der Waals surface area contributed by atoms with E-state index < -0.39 is 17.2 Å². The van der Waals surface area contributed by atoms with Gasteiger partial charge in [0.05, 0.1) is 23.7 Å². The molecule has 1 aliphatic heterocycles. The molecule has 1 saturated carbocycles. The molecular weight excluding hydrogens is 411 g/mol. The minimum Gasteiger partial charge on any atom is -0.394 e. The molecule has 2 N–H and O–H groups in total. The van der Waals surface area contributed by atoms with Crippen LogP contribution in [0.15, 0.2) is 12.3 Å². The highest BCUT2D eigenvalue weighted by Gasteiger charge is 2.49. The van der Waals surface area contributed by atoms with Crippen molar-refractivity contribution in [3.05, 3.63) is 29.1 Å².